The lowest BCUT2D eigenvalue weighted by Gasteiger charge is -2.69. The van der Waals surface area contributed by atoms with Crippen molar-refractivity contribution in [1.82, 2.24) is 0 Å². The topological polar surface area (TPSA) is 29.5 Å². The highest BCUT2D eigenvalue weighted by molar-refractivity contribution is 5.16. The summed E-state index contributed by atoms with van der Waals surface area (Å²) >= 11 is 0. The van der Waals surface area contributed by atoms with Gasteiger partial charge in [-0.1, -0.05) is 53.9 Å². The SMILES string of the molecule is CCC1CCC2[C@]3(C)CCC4[C@@](C)(CC)CCC[C@]4(C)C3CC(O)[C@]2(C)OC1. The van der Waals surface area contributed by atoms with Crippen LogP contribution in [0.4, 0.5) is 0 Å². The van der Waals surface area contributed by atoms with E-state index in [0.717, 1.165) is 18.9 Å². The van der Waals surface area contributed by atoms with Crippen LogP contribution in [0.2, 0.25) is 0 Å². The molecule has 0 bridgehead atoms. The summed E-state index contributed by atoms with van der Waals surface area (Å²) in [6.07, 6.45) is 12.5. The quantitative estimate of drug-likeness (QED) is 0.575. The first-order valence-corrected chi connectivity index (χ1v) is 12.5. The molecule has 0 radical (unpaired) electrons. The first kappa shape index (κ1) is 21.2. The van der Waals surface area contributed by atoms with Crippen LogP contribution in [0.25, 0.3) is 0 Å². The average molecular weight is 391 g/mol. The van der Waals surface area contributed by atoms with E-state index >= 15 is 0 Å². The second kappa shape index (κ2) is 6.98. The Morgan fingerprint density at radius 1 is 0.857 bits per heavy atom. The molecule has 9 atom stereocenters. The highest BCUT2D eigenvalue weighted by atomic mass is 16.5. The molecule has 5 unspecified atom stereocenters. The third kappa shape index (κ3) is 2.79. The number of hydrogen-bond acceptors (Lipinski definition) is 2. The first-order valence-electron chi connectivity index (χ1n) is 12.5. The molecular formula is C26H46O2. The Morgan fingerprint density at radius 3 is 2.25 bits per heavy atom. The molecule has 1 N–H and O–H groups in total. The fourth-order valence-electron chi connectivity index (χ4n) is 9.14. The fraction of sp³-hybridized carbons (Fsp3) is 1.00. The molecule has 3 aliphatic carbocycles. The van der Waals surface area contributed by atoms with E-state index in [1.165, 1.54) is 57.8 Å². The van der Waals surface area contributed by atoms with Crippen molar-refractivity contribution in [2.24, 2.45) is 39.9 Å². The Balaban J connectivity index is 1.72. The number of ether oxygens (including phenoxy) is 1. The molecular weight excluding hydrogens is 344 g/mol. The van der Waals surface area contributed by atoms with Gasteiger partial charge in [-0.05, 0) is 91.8 Å². The van der Waals surface area contributed by atoms with Crippen molar-refractivity contribution in [3.63, 3.8) is 0 Å². The largest absolute Gasteiger partial charge is 0.390 e. The second-order valence-electron chi connectivity index (χ2n) is 12.2. The molecule has 0 aromatic heterocycles. The first-order chi connectivity index (χ1) is 13.1. The molecule has 1 aliphatic heterocycles. The van der Waals surface area contributed by atoms with E-state index in [0.29, 0.717) is 34.0 Å². The van der Waals surface area contributed by atoms with Crippen molar-refractivity contribution >= 4 is 0 Å². The van der Waals surface area contributed by atoms with E-state index in [1.54, 1.807) is 0 Å². The van der Waals surface area contributed by atoms with Gasteiger partial charge in [0.2, 0.25) is 0 Å². The van der Waals surface area contributed by atoms with Crippen LogP contribution in [0.1, 0.15) is 106 Å². The third-order valence-corrected chi connectivity index (χ3v) is 11.2. The molecule has 4 rings (SSSR count). The Bertz CT molecular complexity index is 589. The zero-order valence-electron chi connectivity index (χ0n) is 19.5. The van der Waals surface area contributed by atoms with Crippen molar-refractivity contribution in [1.29, 1.82) is 0 Å². The van der Waals surface area contributed by atoms with Crippen LogP contribution in [0.3, 0.4) is 0 Å². The summed E-state index contributed by atoms with van der Waals surface area (Å²) in [4.78, 5) is 0. The summed E-state index contributed by atoms with van der Waals surface area (Å²) in [6, 6.07) is 0. The van der Waals surface area contributed by atoms with E-state index in [1.807, 2.05) is 0 Å². The van der Waals surface area contributed by atoms with Crippen LogP contribution in [-0.4, -0.2) is 23.4 Å². The van der Waals surface area contributed by atoms with Gasteiger partial charge < -0.3 is 9.84 Å². The molecule has 28 heavy (non-hydrogen) atoms. The Hall–Kier alpha value is -0.0800. The number of fused-ring (bicyclic) bond motifs is 5. The number of rotatable bonds is 2. The van der Waals surface area contributed by atoms with Gasteiger partial charge in [-0.15, -0.1) is 0 Å². The Morgan fingerprint density at radius 2 is 1.57 bits per heavy atom. The number of aliphatic hydroxyl groups excluding tert-OH is 1. The smallest absolute Gasteiger partial charge is 0.0945 e. The maximum atomic E-state index is 11.5. The van der Waals surface area contributed by atoms with E-state index < -0.39 is 0 Å². The Labute approximate surface area is 174 Å². The normalized spacial score (nSPS) is 56.9. The number of hydrogen-bond donors (Lipinski definition) is 1. The van der Waals surface area contributed by atoms with Gasteiger partial charge in [0, 0.05) is 0 Å². The van der Waals surface area contributed by atoms with Gasteiger partial charge in [-0.2, -0.15) is 0 Å². The lowest BCUT2D eigenvalue weighted by molar-refractivity contribution is -0.259. The van der Waals surface area contributed by atoms with E-state index in [-0.39, 0.29) is 11.7 Å². The molecule has 2 heteroatoms. The standard InChI is InChI=1S/C26H46O2/c1-7-18-10-11-20-25(5)15-12-19-23(3,8-2)13-9-14-24(19,4)21(25)16-22(27)26(20,6)28-17-18/h18-22,27H,7-17H2,1-6H3/t18?,19?,20?,21?,22?,23-,24-,25-,26+/m0/s1. The highest BCUT2D eigenvalue weighted by Gasteiger charge is 2.67. The summed E-state index contributed by atoms with van der Waals surface area (Å²) in [5.41, 5.74) is 0.844. The average Bonchev–Trinajstić information content (AvgIpc) is 2.84. The van der Waals surface area contributed by atoms with Crippen LogP contribution >= 0.6 is 0 Å². The van der Waals surface area contributed by atoms with Crippen molar-refractivity contribution in [2.45, 2.75) is 117 Å². The van der Waals surface area contributed by atoms with E-state index in [9.17, 15) is 5.11 Å². The molecule has 1 saturated heterocycles. The highest BCUT2D eigenvalue weighted by Crippen LogP contribution is 2.71. The van der Waals surface area contributed by atoms with Gasteiger partial charge in [0.25, 0.3) is 0 Å². The second-order valence-corrected chi connectivity index (χ2v) is 12.2. The zero-order valence-corrected chi connectivity index (χ0v) is 19.5. The van der Waals surface area contributed by atoms with Crippen LogP contribution < -0.4 is 0 Å². The molecule has 0 aromatic rings. The Kier molecular flexibility index (Phi) is 5.27. The van der Waals surface area contributed by atoms with Crippen molar-refractivity contribution in [2.75, 3.05) is 6.61 Å². The van der Waals surface area contributed by atoms with Crippen LogP contribution in [0.15, 0.2) is 0 Å². The van der Waals surface area contributed by atoms with Crippen LogP contribution in [0.5, 0.6) is 0 Å². The molecule has 3 saturated carbocycles. The van der Waals surface area contributed by atoms with Gasteiger partial charge in [0.05, 0.1) is 18.3 Å². The maximum Gasteiger partial charge on any atom is 0.0945 e. The summed E-state index contributed by atoms with van der Waals surface area (Å²) in [7, 11) is 0. The lowest BCUT2D eigenvalue weighted by atomic mass is 9.37. The minimum absolute atomic E-state index is 0.309. The molecule has 4 fully saturated rings. The van der Waals surface area contributed by atoms with Crippen molar-refractivity contribution in [3.8, 4) is 0 Å². The molecule has 0 amide bonds. The summed E-state index contributed by atoms with van der Waals surface area (Å²) in [5.74, 6) is 2.63. The molecule has 1 heterocycles. The van der Waals surface area contributed by atoms with E-state index in [4.69, 9.17) is 4.74 Å². The minimum atomic E-state index is -0.346. The molecule has 162 valence electrons. The monoisotopic (exact) mass is 390 g/mol. The van der Waals surface area contributed by atoms with Gasteiger partial charge in [-0.3, -0.25) is 0 Å². The van der Waals surface area contributed by atoms with Crippen molar-refractivity contribution in [3.05, 3.63) is 0 Å². The van der Waals surface area contributed by atoms with E-state index in [2.05, 4.69) is 41.5 Å². The number of aliphatic hydroxyl groups is 1. The van der Waals surface area contributed by atoms with Crippen LogP contribution in [0, 0.1) is 39.9 Å². The summed E-state index contributed by atoms with van der Waals surface area (Å²) in [6.45, 7) is 15.6. The van der Waals surface area contributed by atoms with Gasteiger partial charge >= 0.3 is 0 Å². The van der Waals surface area contributed by atoms with Gasteiger partial charge in [0.15, 0.2) is 0 Å². The molecule has 0 aromatic carbocycles. The third-order valence-electron chi connectivity index (χ3n) is 11.2. The lowest BCUT2D eigenvalue weighted by Crippen LogP contribution is -2.67. The zero-order chi connectivity index (χ0) is 20.4. The summed E-state index contributed by atoms with van der Waals surface area (Å²) < 4.78 is 6.61. The predicted octanol–water partition coefficient (Wildman–Crippen LogP) is 6.60. The summed E-state index contributed by atoms with van der Waals surface area (Å²) in [5, 5.41) is 11.5. The van der Waals surface area contributed by atoms with Crippen LogP contribution in [-0.2, 0) is 4.74 Å². The van der Waals surface area contributed by atoms with Crippen molar-refractivity contribution < 1.29 is 9.84 Å². The minimum Gasteiger partial charge on any atom is -0.390 e. The van der Waals surface area contributed by atoms with Gasteiger partial charge in [0.1, 0.15) is 0 Å². The fourth-order valence-corrected chi connectivity index (χ4v) is 9.14. The van der Waals surface area contributed by atoms with Gasteiger partial charge in [-0.25, -0.2) is 0 Å². The molecule has 4 aliphatic rings. The molecule has 0 spiro atoms. The maximum absolute atomic E-state index is 11.5. The molecule has 2 nitrogen and oxygen atoms in total. The predicted molar refractivity (Wildman–Crippen MR) is 116 cm³/mol.